The van der Waals surface area contributed by atoms with Gasteiger partial charge in [-0.25, -0.2) is 0 Å². The average Bonchev–Trinajstić information content (AvgIpc) is 2.83. The number of carbonyl (C=O) groups excluding carboxylic acids is 1. The second-order valence-electron chi connectivity index (χ2n) is 4.59. The molecule has 0 saturated heterocycles. The largest absolute Gasteiger partial charge is 0.433 e. The zero-order chi connectivity index (χ0) is 17.1. The summed E-state index contributed by atoms with van der Waals surface area (Å²) < 4.78 is 30.2. The lowest BCUT2D eigenvalue weighted by molar-refractivity contribution is -0.385. The third-order valence-corrected chi connectivity index (χ3v) is 2.93. The van der Waals surface area contributed by atoms with Crippen molar-refractivity contribution >= 4 is 17.3 Å². The van der Waals surface area contributed by atoms with Crippen molar-refractivity contribution in [3.8, 4) is 5.75 Å². The Morgan fingerprint density at radius 3 is 2.78 bits per heavy atom. The highest BCUT2D eigenvalue weighted by atomic mass is 19.3. The summed E-state index contributed by atoms with van der Waals surface area (Å²) in [6.07, 6.45) is 0.932. The molecule has 2 rings (SSSR count). The first-order chi connectivity index (χ1) is 10.8. The third kappa shape index (κ3) is 3.59. The van der Waals surface area contributed by atoms with Gasteiger partial charge in [-0.05, 0) is 24.6 Å². The first kappa shape index (κ1) is 16.3. The van der Waals surface area contributed by atoms with Gasteiger partial charge in [0.05, 0.1) is 10.6 Å². The number of ether oxygens (including phenoxy) is 1. The average molecular weight is 326 g/mol. The van der Waals surface area contributed by atoms with Crippen molar-refractivity contribution in [3.63, 3.8) is 0 Å². The maximum absolute atomic E-state index is 12.4. The maximum Gasteiger partial charge on any atom is 0.387 e. The van der Waals surface area contributed by atoms with Crippen molar-refractivity contribution in [1.29, 1.82) is 0 Å². The number of nitrogens with one attached hydrogen (secondary N) is 1. The van der Waals surface area contributed by atoms with E-state index in [2.05, 4.69) is 15.2 Å². The van der Waals surface area contributed by atoms with E-state index in [1.807, 2.05) is 0 Å². The van der Waals surface area contributed by atoms with Gasteiger partial charge in [-0.2, -0.15) is 13.9 Å². The molecule has 0 fully saturated rings. The molecule has 0 unspecified atom stereocenters. The predicted octanol–water partition coefficient (Wildman–Crippen LogP) is 2.49. The van der Waals surface area contributed by atoms with Crippen molar-refractivity contribution in [1.82, 2.24) is 9.78 Å². The van der Waals surface area contributed by atoms with Gasteiger partial charge in [0.1, 0.15) is 11.9 Å². The number of hydrogen-bond donors (Lipinski definition) is 1. The number of nitro groups is 1. The molecule has 0 spiro atoms. The highest BCUT2D eigenvalue weighted by molar-refractivity contribution is 6.06. The van der Waals surface area contributed by atoms with Gasteiger partial charge >= 0.3 is 12.3 Å². The van der Waals surface area contributed by atoms with E-state index in [4.69, 9.17) is 0 Å². The van der Waals surface area contributed by atoms with Crippen LogP contribution in [-0.4, -0.2) is 27.2 Å². The Hall–Kier alpha value is -3.04. The van der Waals surface area contributed by atoms with Gasteiger partial charge in [0.2, 0.25) is 5.69 Å². The summed E-state index contributed by atoms with van der Waals surface area (Å²) in [5.41, 5.74) is -0.138. The number of nitrogens with zero attached hydrogens (tertiary/aromatic N) is 3. The number of anilines is 1. The van der Waals surface area contributed by atoms with Crippen molar-refractivity contribution in [3.05, 3.63) is 45.8 Å². The number of amides is 1. The fraction of sp³-hybridized carbons (Fsp3) is 0.231. The summed E-state index contributed by atoms with van der Waals surface area (Å²) in [6.45, 7) is -1.38. The van der Waals surface area contributed by atoms with Gasteiger partial charge in [-0.15, -0.1) is 0 Å². The van der Waals surface area contributed by atoms with E-state index >= 15 is 0 Å². The smallest absolute Gasteiger partial charge is 0.387 e. The molecule has 1 N–H and O–H groups in total. The molecule has 10 heteroatoms. The van der Waals surface area contributed by atoms with E-state index in [0.717, 1.165) is 10.9 Å². The lowest BCUT2D eigenvalue weighted by Gasteiger charge is -2.12. The fourth-order valence-corrected chi connectivity index (χ4v) is 1.94. The topological polar surface area (TPSA) is 99.3 Å². The number of aromatic nitrogens is 2. The van der Waals surface area contributed by atoms with Crippen LogP contribution in [0.1, 0.15) is 16.1 Å². The maximum atomic E-state index is 12.4. The summed E-state index contributed by atoms with van der Waals surface area (Å²) in [6, 6.07) is 4.21. The normalized spacial score (nSPS) is 10.7. The van der Waals surface area contributed by atoms with E-state index < -0.39 is 23.1 Å². The van der Waals surface area contributed by atoms with Crippen LogP contribution in [0.15, 0.2) is 24.4 Å². The van der Waals surface area contributed by atoms with Crippen LogP contribution < -0.4 is 10.1 Å². The van der Waals surface area contributed by atoms with E-state index in [-0.39, 0.29) is 17.1 Å². The Labute approximate surface area is 128 Å². The van der Waals surface area contributed by atoms with Gasteiger partial charge in [0.25, 0.3) is 5.91 Å². The standard InChI is InChI=1S/C13H12F2N4O4/c1-7-3-4-10(23-13(14)15)8(5-7)17-12(20)11-9(19(21)22)6-16-18(11)2/h3-6,13H,1-2H3,(H,17,20). The Morgan fingerprint density at radius 2 is 2.17 bits per heavy atom. The van der Waals surface area contributed by atoms with Crippen LogP contribution in [0, 0.1) is 17.0 Å². The van der Waals surface area contributed by atoms with E-state index in [1.54, 1.807) is 6.92 Å². The SMILES string of the molecule is Cc1ccc(OC(F)F)c(NC(=O)c2c([N+](=O)[O-])cnn2C)c1. The highest BCUT2D eigenvalue weighted by Gasteiger charge is 2.26. The summed E-state index contributed by atoms with van der Waals surface area (Å²) >= 11 is 0. The lowest BCUT2D eigenvalue weighted by Crippen LogP contribution is -2.18. The number of benzene rings is 1. The quantitative estimate of drug-likeness (QED) is 0.672. The number of alkyl halides is 2. The Bertz CT molecular complexity index is 760. The van der Waals surface area contributed by atoms with Gasteiger partial charge in [0.15, 0.2) is 0 Å². The minimum atomic E-state index is -3.07. The third-order valence-electron chi connectivity index (χ3n) is 2.93. The molecule has 1 amide bonds. The molecule has 0 aliphatic rings. The Balaban J connectivity index is 2.36. The van der Waals surface area contributed by atoms with Gasteiger partial charge in [0, 0.05) is 7.05 Å². The Kier molecular flexibility index (Phi) is 4.53. The van der Waals surface area contributed by atoms with Crippen LogP contribution in [0.3, 0.4) is 0 Å². The van der Waals surface area contributed by atoms with Crippen molar-refractivity contribution in [2.45, 2.75) is 13.5 Å². The zero-order valence-electron chi connectivity index (χ0n) is 12.1. The molecular formula is C13H12F2N4O4. The minimum Gasteiger partial charge on any atom is -0.433 e. The van der Waals surface area contributed by atoms with Crippen LogP contribution in [0.2, 0.25) is 0 Å². The van der Waals surface area contributed by atoms with Crippen LogP contribution >= 0.6 is 0 Å². The number of hydrogen-bond acceptors (Lipinski definition) is 5. The van der Waals surface area contributed by atoms with Crippen LogP contribution in [0.25, 0.3) is 0 Å². The lowest BCUT2D eigenvalue weighted by atomic mass is 10.2. The molecule has 0 saturated carbocycles. The zero-order valence-corrected chi connectivity index (χ0v) is 12.1. The summed E-state index contributed by atoms with van der Waals surface area (Å²) in [7, 11) is 1.36. The molecule has 0 aliphatic carbocycles. The van der Waals surface area contributed by atoms with Crippen molar-refractivity contribution in [2.75, 3.05) is 5.32 Å². The van der Waals surface area contributed by atoms with Crippen molar-refractivity contribution in [2.24, 2.45) is 7.05 Å². The molecule has 2 aromatic rings. The molecule has 23 heavy (non-hydrogen) atoms. The van der Waals surface area contributed by atoms with E-state index in [1.165, 1.54) is 25.2 Å². The highest BCUT2D eigenvalue weighted by Crippen LogP contribution is 2.28. The fourth-order valence-electron chi connectivity index (χ4n) is 1.94. The first-order valence-corrected chi connectivity index (χ1v) is 6.32. The van der Waals surface area contributed by atoms with Crippen molar-refractivity contribution < 1.29 is 23.2 Å². The van der Waals surface area contributed by atoms with E-state index in [0.29, 0.717) is 5.56 Å². The van der Waals surface area contributed by atoms with E-state index in [9.17, 15) is 23.7 Å². The molecular weight excluding hydrogens is 314 g/mol. The molecule has 1 aromatic carbocycles. The molecule has 1 aromatic heterocycles. The second-order valence-corrected chi connectivity index (χ2v) is 4.59. The predicted molar refractivity (Wildman–Crippen MR) is 75.6 cm³/mol. The molecule has 0 aliphatic heterocycles. The molecule has 8 nitrogen and oxygen atoms in total. The molecule has 0 radical (unpaired) electrons. The second kappa shape index (κ2) is 6.38. The summed E-state index contributed by atoms with van der Waals surface area (Å²) in [5, 5.41) is 16.9. The van der Waals surface area contributed by atoms with Gasteiger partial charge in [-0.3, -0.25) is 19.6 Å². The number of halogens is 2. The molecule has 122 valence electrons. The number of aryl methyl sites for hydroxylation is 2. The molecule has 0 bridgehead atoms. The first-order valence-electron chi connectivity index (χ1n) is 6.32. The molecule has 1 heterocycles. The van der Waals surface area contributed by atoms with Crippen LogP contribution in [-0.2, 0) is 7.05 Å². The number of rotatable bonds is 5. The summed E-state index contributed by atoms with van der Waals surface area (Å²) in [4.78, 5) is 22.4. The Morgan fingerprint density at radius 1 is 1.48 bits per heavy atom. The minimum absolute atomic E-state index is 0.0224. The van der Waals surface area contributed by atoms with Crippen LogP contribution in [0.5, 0.6) is 5.75 Å². The monoisotopic (exact) mass is 326 g/mol. The van der Waals surface area contributed by atoms with Gasteiger partial charge < -0.3 is 10.1 Å². The van der Waals surface area contributed by atoms with Crippen LogP contribution in [0.4, 0.5) is 20.2 Å². The summed E-state index contributed by atoms with van der Waals surface area (Å²) in [5.74, 6) is -1.11. The molecule has 0 atom stereocenters. The number of carbonyl (C=O) groups is 1. The van der Waals surface area contributed by atoms with Gasteiger partial charge in [-0.1, -0.05) is 6.07 Å².